The van der Waals surface area contributed by atoms with Crippen LogP contribution in [0.15, 0.2) is 64.2 Å². The van der Waals surface area contributed by atoms with Crippen molar-refractivity contribution in [2.75, 3.05) is 31.1 Å². The Kier molecular flexibility index (Phi) is 6.61. The smallest absolute Gasteiger partial charge is 0.329 e. The first kappa shape index (κ1) is 23.8. The van der Waals surface area contributed by atoms with Crippen molar-refractivity contribution in [2.24, 2.45) is 7.05 Å². The quantitative estimate of drug-likeness (QED) is 0.455. The predicted molar refractivity (Wildman–Crippen MR) is 144 cm³/mol. The van der Waals surface area contributed by atoms with Crippen molar-refractivity contribution in [3.63, 3.8) is 0 Å². The Balaban J connectivity index is 1.42. The number of hydrogen-bond acceptors (Lipinski definition) is 5. The number of fused-ring (bicyclic) bond motifs is 1. The van der Waals surface area contributed by atoms with Gasteiger partial charge in [-0.05, 0) is 30.5 Å². The van der Waals surface area contributed by atoms with Crippen LogP contribution in [0.3, 0.4) is 0 Å². The molecule has 1 aliphatic rings. The van der Waals surface area contributed by atoms with Gasteiger partial charge in [-0.2, -0.15) is 4.98 Å². The highest BCUT2D eigenvalue weighted by Crippen LogP contribution is 2.22. The first-order valence-electron chi connectivity index (χ1n) is 12.4. The summed E-state index contributed by atoms with van der Waals surface area (Å²) in [6.45, 7) is 9.07. The zero-order chi connectivity index (χ0) is 25.2. The summed E-state index contributed by atoms with van der Waals surface area (Å²) < 4.78 is 3.34. The van der Waals surface area contributed by atoms with E-state index >= 15 is 0 Å². The van der Waals surface area contributed by atoms with E-state index in [1.807, 2.05) is 47.1 Å². The minimum Gasteiger partial charge on any atom is -0.340 e. The molecule has 0 atom stereocenters. The summed E-state index contributed by atoms with van der Waals surface area (Å²) in [6, 6.07) is 16.7. The molecule has 2 aromatic carbocycles. The lowest BCUT2D eigenvalue weighted by Gasteiger charge is -2.35. The fourth-order valence-corrected chi connectivity index (χ4v) is 4.81. The minimum atomic E-state index is -0.457. The van der Waals surface area contributed by atoms with Gasteiger partial charge in [0.25, 0.3) is 5.56 Å². The molecule has 1 fully saturated rings. The van der Waals surface area contributed by atoms with Crippen molar-refractivity contribution in [1.29, 1.82) is 0 Å². The molecule has 0 aliphatic carbocycles. The van der Waals surface area contributed by atoms with Crippen molar-refractivity contribution in [2.45, 2.75) is 26.9 Å². The van der Waals surface area contributed by atoms with Crippen LogP contribution in [0.1, 0.15) is 22.3 Å². The molecule has 0 saturated carbocycles. The van der Waals surface area contributed by atoms with Gasteiger partial charge in [-0.1, -0.05) is 66.2 Å². The van der Waals surface area contributed by atoms with E-state index in [2.05, 4.69) is 46.8 Å². The number of aryl methyl sites for hydroxylation is 3. The van der Waals surface area contributed by atoms with Crippen LogP contribution in [-0.2, 0) is 20.1 Å². The van der Waals surface area contributed by atoms with E-state index in [9.17, 15) is 9.59 Å². The molecule has 1 N–H and O–H groups in total. The number of H-pyrrole nitrogens is 1. The van der Waals surface area contributed by atoms with Gasteiger partial charge in [-0.25, -0.2) is 4.79 Å². The largest absolute Gasteiger partial charge is 0.340 e. The number of nitrogens with zero attached hydrogens (tertiary/aromatic N) is 5. The first-order valence-corrected chi connectivity index (χ1v) is 12.4. The Morgan fingerprint density at radius 3 is 2.50 bits per heavy atom. The minimum absolute atomic E-state index is 0.407. The summed E-state index contributed by atoms with van der Waals surface area (Å²) in [7, 11) is 1.64. The molecule has 8 nitrogen and oxygen atoms in total. The highest BCUT2D eigenvalue weighted by atomic mass is 16.2. The average Bonchev–Trinajstić information content (AvgIpc) is 3.26. The topological polar surface area (TPSA) is 79.2 Å². The van der Waals surface area contributed by atoms with Gasteiger partial charge in [0, 0.05) is 46.3 Å². The van der Waals surface area contributed by atoms with Gasteiger partial charge < -0.3 is 9.47 Å². The first-order chi connectivity index (χ1) is 17.4. The van der Waals surface area contributed by atoms with Gasteiger partial charge in [0.2, 0.25) is 5.95 Å². The predicted octanol–water partition coefficient (Wildman–Crippen LogP) is 3.08. The molecule has 1 saturated heterocycles. The lowest BCUT2D eigenvalue weighted by Crippen LogP contribution is -2.47. The summed E-state index contributed by atoms with van der Waals surface area (Å²) in [5.41, 5.74) is 5.01. The van der Waals surface area contributed by atoms with E-state index in [1.54, 1.807) is 7.05 Å². The van der Waals surface area contributed by atoms with E-state index in [1.165, 1.54) is 21.3 Å². The lowest BCUT2D eigenvalue weighted by molar-refractivity contribution is 0.248. The Hall–Kier alpha value is -3.91. The fourth-order valence-electron chi connectivity index (χ4n) is 4.81. The molecule has 0 spiro atoms. The maximum absolute atomic E-state index is 12.8. The van der Waals surface area contributed by atoms with E-state index in [0.29, 0.717) is 17.7 Å². The number of benzene rings is 2. The number of nitrogens with one attached hydrogen (secondary N) is 1. The molecule has 8 heteroatoms. The molecule has 1 aliphatic heterocycles. The van der Waals surface area contributed by atoms with Gasteiger partial charge in [0.15, 0.2) is 11.2 Å². The number of rotatable bonds is 6. The normalized spacial score (nSPS) is 14.8. The number of allylic oxidation sites excluding steroid dienone is 1. The third-order valence-electron chi connectivity index (χ3n) is 6.94. The second-order valence-electron chi connectivity index (χ2n) is 9.52. The van der Waals surface area contributed by atoms with Crippen LogP contribution in [0.25, 0.3) is 17.2 Å². The maximum atomic E-state index is 12.8. The summed E-state index contributed by atoms with van der Waals surface area (Å²) in [4.78, 5) is 37.0. The van der Waals surface area contributed by atoms with Crippen LogP contribution in [0, 0.1) is 13.8 Å². The summed E-state index contributed by atoms with van der Waals surface area (Å²) in [6.07, 6.45) is 4.06. The van der Waals surface area contributed by atoms with Crippen molar-refractivity contribution >= 4 is 23.2 Å². The third kappa shape index (κ3) is 4.77. The van der Waals surface area contributed by atoms with Crippen molar-refractivity contribution < 1.29 is 0 Å². The highest BCUT2D eigenvalue weighted by molar-refractivity contribution is 5.74. The summed E-state index contributed by atoms with van der Waals surface area (Å²) in [5.74, 6) is 0.723. The number of anilines is 1. The number of piperazine rings is 1. The molecule has 0 radical (unpaired) electrons. The molecule has 4 aromatic rings. The van der Waals surface area contributed by atoms with Crippen LogP contribution in [0.5, 0.6) is 0 Å². The van der Waals surface area contributed by atoms with Gasteiger partial charge >= 0.3 is 5.69 Å². The van der Waals surface area contributed by atoms with Crippen molar-refractivity contribution in [1.82, 2.24) is 24.0 Å². The monoisotopic (exact) mass is 484 g/mol. The lowest BCUT2D eigenvalue weighted by atomic mass is 10.0. The van der Waals surface area contributed by atoms with Crippen LogP contribution in [-0.4, -0.2) is 50.2 Å². The Morgan fingerprint density at radius 2 is 1.75 bits per heavy atom. The molecule has 3 heterocycles. The second-order valence-corrected chi connectivity index (χ2v) is 9.52. The molecule has 0 amide bonds. The van der Waals surface area contributed by atoms with Crippen LogP contribution >= 0.6 is 0 Å². The molecular weight excluding hydrogens is 452 g/mol. The fraction of sp³-hybridized carbons (Fsp3) is 0.321. The standard InChI is InChI=1S/C28H32N6O2/c1-20-11-12-21(2)23(18-20)19-32-14-16-33(17-15-32)27-29-25-24(26(35)30-28(36)31(25)3)34(27)13-7-10-22-8-5-4-6-9-22/h4-12,18H,13-17,19H2,1-3H3,(H,30,35,36)/b10-7+. The van der Waals surface area contributed by atoms with Crippen molar-refractivity contribution in [3.8, 4) is 0 Å². The Morgan fingerprint density at radius 1 is 1.00 bits per heavy atom. The number of hydrogen-bond donors (Lipinski definition) is 1. The zero-order valence-corrected chi connectivity index (χ0v) is 21.1. The number of aromatic amines is 1. The van der Waals surface area contributed by atoms with E-state index in [-0.39, 0.29) is 0 Å². The number of aromatic nitrogens is 4. The third-order valence-corrected chi connectivity index (χ3v) is 6.94. The van der Waals surface area contributed by atoms with Crippen LogP contribution < -0.4 is 16.1 Å². The Labute approximate surface area is 210 Å². The second kappa shape index (κ2) is 9.99. The van der Waals surface area contributed by atoms with Crippen LogP contribution in [0.4, 0.5) is 5.95 Å². The average molecular weight is 485 g/mol. The molecule has 36 heavy (non-hydrogen) atoms. The molecule has 5 rings (SSSR count). The van der Waals surface area contributed by atoms with Crippen molar-refractivity contribution in [3.05, 3.63) is 97.7 Å². The Bertz CT molecular complexity index is 1520. The molecule has 0 bridgehead atoms. The molecular formula is C28H32N6O2. The van der Waals surface area contributed by atoms with Gasteiger partial charge in [-0.3, -0.25) is 19.2 Å². The van der Waals surface area contributed by atoms with Gasteiger partial charge in [0.05, 0.1) is 0 Å². The maximum Gasteiger partial charge on any atom is 0.329 e. The molecule has 186 valence electrons. The summed E-state index contributed by atoms with van der Waals surface area (Å²) >= 11 is 0. The highest BCUT2D eigenvalue weighted by Gasteiger charge is 2.24. The molecule has 2 aromatic heterocycles. The molecule has 0 unspecified atom stereocenters. The summed E-state index contributed by atoms with van der Waals surface area (Å²) in [5, 5.41) is 0. The van der Waals surface area contributed by atoms with E-state index in [0.717, 1.165) is 44.2 Å². The van der Waals surface area contributed by atoms with E-state index in [4.69, 9.17) is 4.98 Å². The van der Waals surface area contributed by atoms with Gasteiger partial charge in [-0.15, -0.1) is 0 Å². The SMILES string of the molecule is Cc1ccc(C)c(CN2CCN(c3nc4c(c(=O)[nH]c(=O)n4C)n3C/C=C/c3ccccc3)CC2)c1. The zero-order valence-electron chi connectivity index (χ0n) is 21.1. The van der Waals surface area contributed by atoms with Gasteiger partial charge in [0.1, 0.15) is 0 Å². The number of imidazole rings is 1. The van der Waals surface area contributed by atoms with E-state index < -0.39 is 11.2 Å². The van der Waals surface area contributed by atoms with Crippen LogP contribution in [0.2, 0.25) is 0 Å².